The Hall–Kier alpha value is -1.82. The summed E-state index contributed by atoms with van der Waals surface area (Å²) < 4.78 is 10.2. The summed E-state index contributed by atoms with van der Waals surface area (Å²) in [4.78, 5) is 10.4. The number of nitrogens with one attached hydrogen (secondary N) is 1. The van der Waals surface area contributed by atoms with E-state index in [9.17, 15) is 10.1 Å². The van der Waals surface area contributed by atoms with Crippen LogP contribution in [-0.4, -0.2) is 32.3 Å². The molecular weight excluding hydrogens is 260 g/mol. The lowest BCUT2D eigenvalue weighted by Gasteiger charge is -2.16. The van der Waals surface area contributed by atoms with E-state index < -0.39 is 4.92 Å². The molecule has 6 heteroatoms. The van der Waals surface area contributed by atoms with Gasteiger partial charge < -0.3 is 14.8 Å². The molecule has 0 saturated heterocycles. The van der Waals surface area contributed by atoms with Gasteiger partial charge in [-0.15, -0.1) is 0 Å². The van der Waals surface area contributed by atoms with E-state index in [4.69, 9.17) is 9.47 Å². The summed E-state index contributed by atoms with van der Waals surface area (Å²) in [6.45, 7) is 1.63. The van der Waals surface area contributed by atoms with E-state index in [0.717, 1.165) is 25.3 Å². The molecule has 0 amide bonds. The Labute approximate surface area is 118 Å². The lowest BCUT2D eigenvalue weighted by atomic mass is 10.0. The number of hydrogen-bond donors (Lipinski definition) is 1. The second-order valence-corrected chi connectivity index (χ2v) is 5.24. The third-order valence-electron chi connectivity index (χ3n) is 3.84. The molecule has 1 aliphatic rings. The van der Waals surface area contributed by atoms with Gasteiger partial charge in [-0.25, -0.2) is 0 Å². The van der Waals surface area contributed by atoms with Crippen molar-refractivity contribution in [3.05, 3.63) is 28.3 Å². The van der Waals surface area contributed by atoms with Crippen molar-refractivity contribution in [2.45, 2.75) is 19.3 Å². The fourth-order valence-electron chi connectivity index (χ4n) is 2.24. The fraction of sp³-hybridized carbons (Fsp3) is 0.571. The topological polar surface area (TPSA) is 73.6 Å². The van der Waals surface area contributed by atoms with Gasteiger partial charge in [-0.2, -0.15) is 0 Å². The number of ether oxygens (including phenoxy) is 2. The molecule has 1 aromatic carbocycles. The van der Waals surface area contributed by atoms with Crippen LogP contribution in [-0.2, 0) is 4.74 Å². The Morgan fingerprint density at radius 2 is 2.15 bits per heavy atom. The van der Waals surface area contributed by atoms with Gasteiger partial charge in [-0.3, -0.25) is 10.1 Å². The molecule has 0 unspecified atom stereocenters. The summed E-state index contributed by atoms with van der Waals surface area (Å²) in [6, 6.07) is 4.85. The standard InChI is InChI=1S/C14H20N2O4/c1-19-8-7-14(5-6-14)10-15-11-3-4-12(16(17)18)13(9-11)20-2/h3-4,9,15H,5-8,10H2,1-2H3. The highest BCUT2D eigenvalue weighted by atomic mass is 16.6. The summed E-state index contributed by atoms with van der Waals surface area (Å²) in [5.74, 6) is 0.279. The minimum absolute atomic E-state index is 0.0152. The zero-order valence-electron chi connectivity index (χ0n) is 11.8. The van der Waals surface area contributed by atoms with Gasteiger partial charge in [0.1, 0.15) is 0 Å². The maximum atomic E-state index is 10.8. The van der Waals surface area contributed by atoms with Crippen molar-refractivity contribution in [2.24, 2.45) is 5.41 Å². The molecule has 0 aliphatic heterocycles. The van der Waals surface area contributed by atoms with Crippen molar-refractivity contribution in [1.29, 1.82) is 0 Å². The lowest BCUT2D eigenvalue weighted by molar-refractivity contribution is -0.385. The normalized spacial score (nSPS) is 15.7. The van der Waals surface area contributed by atoms with Crippen LogP contribution in [0.4, 0.5) is 11.4 Å². The zero-order valence-corrected chi connectivity index (χ0v) is 11.8. The van der Waals surface area contributed by atoms with E-state index in [1.807, 2.05) is 0 Å². The first-order valence-electron chi connectivity index (χ1n) is 6.65. The van der Waals surface area contributed by atoms with Gasteiger partial charge in [0.25, 0.3) is 0 Å². The molecular formula is C14H20N2O4. The highest BCUT2D eigenvalue weighted by Gasteiger charge is 2.41. The van der Waals surface area contributed by atoms with Crippen LogP contribution in [0, 0.1) is 15.5 Å². The number of methoxy groups -OCH3 is 2. The van der Waals surface area contributed by atoms with E-state index in [-0.39, 0.29) is 11.4 Å². The fourth-order valence-corrected chi connectivity index (χ4v) is 2.24. The predicted molar refractivity (Wildman–Crippen MR) is 76.3 cm³/mol. The van der Waals surface area contributed by atoms with E-state index in [1.165, 1.54) is 26.0 Å². The molecule has 1 aliphatic carbocycles. The van der Waals surface area contributed by atoms with Crippen LogP contribution in [0.25, 0.3) is 0 Å². The second kappa shape index (κ2) is 6.09. The van der Waals surface area contributed by atoms with Crippen LogP contribution in [0.15, 0.2) is 18.2 Å². The van der Waals surface area contributed by atoms with Crippen molar-refractivity contribution in [3.63, 3.8) is 0 Å². The monoisotopic (exact) mass is 280 g/mol. The lowest BCUT2D eigenvalue weighted by Crippen LogP contribution is -2.17. The van der Waals surface area contributed by atoms with Gasteiger partial charge in [0.15, 0.2) is 5.75 Å². The quantitative estimate of drug-likeness (QED) is 0.585. The average Bonchev–Trinajstić information content (AvgIpc) is 3.23. The molecule has 2 rings (SSSR count). The average molecular weight is 280 g/mol. The minimum Gasteiger partial charge on any atom is -0.490 e. The molecule has 0 spiro atoms. The SMILES string of the molecule is COCCC1(CNc2ccc([N+](=O)[O-])c(OC)c2)CC1. The second-order valence-electron chi connectivity index (χ2n) is 5.24. The van der Waals surface area contributed by atoms with Crippen molar-refractivity contribution in [2.75, 3.05) is 32.7 Å². The third-order valence-corrected chi connectivity index (χ3v) is 3.84. The van der Waals surface area contributed by atoms with E-state index in [1.54, 1.807) is 19.2 Å². The number of hydrogen-bond acceptors (Lipinski definition) is 5. The molecule has 1 saturated carbocycles. The third kappa shape index (κ3) is 3.39. The molecule has 0 radical (unpaired) electrons. The number of nitrogens with zero attached hydrogens (tertiary/aromatic N) is 1. The van der Waals surface area contributed by atoms with Crippen molar-refractivity contribution in [3.8, 4) is 5.75 Å². The summed E-state index contributed by atoms with van der Waals surface area (Å²) >= 11 is 0. The van der Waals surface area contributed by atoms with Gasteiger partial charge in [-0.1, -0.05) is 0 Å². The van der Waals surface area contributed by atoms with Crippen LogP contribution in [0.3, 0.4) is 0 Å². The first kappa shape index (κ1) is 14.6. The van der Waals surface area contributed by atoms with Crippen LogP contribution in [0.1, 0.15) is 19.3 Å². The first-order chi connectivity index (χ1) is 9.60. The molecule has 1 fully saturated rings. The highest BCUT2D eigenvalue weighted by molar-refractivity contribution is 5.58. The number of nitro groups is 1. The Bertz CT molecular complexity index is 486. The number of rotatable bonds is 8. The summed E-state index contributed by atoms with van der Waals surface area (Å²) in [7, 11) is 3.15. The predicted octanol–water partition coefficient (Wildman–Crippen LogP) is 2.83. The summed E-state index contributed by atoms with van der Waals surface area (Å²) in [5, 5.41) is 14.2. The molecule has 0 atom stereocenters. The largest absolute Gasteiger partial charge is 0.490 e. The van der Waals surface area contributed by atoms with Crippen molar-refractivity contribution >= 4 is 11.4 Å². The van der Waals surface area contributed by atoms with Crippen LogP contribution in [0.2, 0.25) is 0 Å². The van der Waals surface area contributed by atoms with Gasteiger partial charge >= 0.3 is 5.69 Å². The van der Waals surface area contributed by atoms with Crippen LogP contribution >= 0.6 is 0 Å². The smallest absolute Gasteiger partial charge is 0.311 e. The molecule has 110 valence electrons. The van der Waals surface area contributed by atoms with E-state index in [2.05, 4.69) is 5.32 Å². The molecule has 1 N–H and O–H groups in total. The summed E-state index contributed by atoms with van der Waals surface area (Å²) in [6.07, 6.45) is 3.45. The number of anilines is 1. The Morgan fingerprint density at radius 1 is 1.40 bits per heavy atom. The van der Waals surface area contributed by atoms with E-state index in [0.29, 0.717) is 5.41 Å². The van der Waals surface area contributed by atoms with E-state index >= 15 is 0 Å². The van der Waals surface area contributed by atoms with Crippen molar-refractivity contribution < 1.29 is 14.4 Å². The van der Waals surface area contributed by atoms with Gasteiger partial charge in [0.2, 0.25) is 0 Å². The van der Waals surface area contributed by atoms with Crippen LogP contribution < -0.4 is 10.1 Å². The minimum atomic E-state index is -0.441. The molecule has 6 nitrogen and oxygen atoms in total. The molecule has 0 aromatic heterocycles. The molecule has 20 heavy (non-hydrogen) atoms. The number of benzene rings is 1. The van der Waals surface area contributed by atoms with Crippen LogP contribution in [0.5, 0.6) is 5.75 Å². The Morgan fingerprint density at radius 3 is 2.70 bits per heavy atom. The Kier molecular flexibility index (Phi) is 4.44. The van der Waals surface area contributed by atoms with Gasteiger partial charge in [0.05, 0.1) is 12.0 Å². The molecule has 0 bridgehead atoms. The van der Waals surface area contributed by atoms with Gasteiger partial charge in [0, 0.05) is 38.1 Å². The number of nitro benzene ring substituents is 1. The van der Waals surface area contributed by atoms with Crippen molar-refractivity contribution in [1.82, 2.24) is 0 Å². The first-order valence-corrected chi connectivity index (χ1v) is 6.65. The molecule has 1 aromatic rings. The maximum Gasteiger partial charge on any atom is 0.311 e. The van der Waals surface area contributed by atoms with Gasteiger partial charge in [-0.05, 0) is 30.7 Å². The zero-order chi connectivity index (χ0) is 14.6. The Balaban J connectivity index is 1.98. The maximum absolute atomic E-state index is 10.8. The highest BCUT2D eigenvalue weighted by Crippen LogP contribution is 2.48. The molecule has 0 heterocycles. The summed E-state index contributed by atoms with van der Waals surface area (Å²) in [5.41, 5.74) is 1.15.